The van der Waals surface area contributed by atoms with E-state index in [1.807, 2.05) is 30.3 Å². The molecule has 0 aromatic heterocycles. The summed E-state index contributed by atoms with van der Waals surface area (Å²) >= 11 is 12.2. The fourth-order valence-corrected chi connectivity index (χ4v) is 7.98. The highest BCUT2D eigenvalue weighted by Gasteiger charge is 2.41. The molecule has 41 heavy (non-hydrogen) atoms. The van der Waals surface area contributed by atoms with Crippen LogP contribution < -0.4 is 5.32 Å². The Kier molecular flexibility index (Phi) is 9.41. The van der Waals surface area contributed by atoms with E-state index in [2.05, 4.69) is 34.5 Å². The van der Waals surface area contributed by atoms with Gasteiger partial charge in [0.05, 0.1) is 21.4 Å². The van der Waals surface area contributed by atoms with Crippen molar-refractivity contribution in [3.8, 4) is 0 Å². The molecule has 0 radical (unpaired) electrons. The molecule has 218 valence electrons. The van der Waals surface area contributed by atoms with Crippen LogP contribution in [0.1, 0.15) is 42.4 Å². The molecule has 9 heteroatoms. The zero-order valence-electron chi connectivity index (χ0n) is 23.4. The van der Waals surface area contributed by atoms with Crippen molar-refractivity contribution in [2.45, 2.75) is 54.9 Å². The van der Waals surface area contributed by atoms with Gasteiger partial charge in [0.25, 0.3) is 0 Å². The molecule has 1 amide bonds. The summed E-state index contributed by atoms with van der Waals surface area (Å²) < 4.78 is 28.6. The van der Waals surface area contributed by atoms with Crippen molar-refractivity contribution in [3.05, 3.63) is 99.5 Å². The fourth-order valence-electron chi connectivity index (χ4n) is 6.33. The average Bonchev–Trinajstić information content (AvgIpc) is 3.33. The monoisotopic (exact) mass is 613 g/mol. The molecule has 0 saturated carbocycles. The molecular weight excluding hydrogens is 577 g/mol. The SMILES string of the molecule is CN(CC1(CCN2CCC(NC(=O)Cc3ccccc3)CC2)CCc2ccccc21)S(=O)(=O)c1ccc(Cl)c(Cl)c1. The third kappa shape index (κ3) is 6.98. The van der Waals surface area contributed by atoms with Crippen molar-refractivity contribution in [1.29, 1.82) is 0 Å². The number of carbonyl (C=O) groups is 1. The molecule has 3 aromatic rings. The van der Waals surface area contributed by atoms with E-state index in [1.165, 1.54) is 33.6 Å². The number of rotatable bonds is 10. The normalized spacial score (nSPS) is 19.8. The predicted molar refractivity (Wildman–Crippen MR) is 165 cm³/mol. The number of halogens is 2. The number of aryl methyl sites for hydroxylation is 1. The Morgan fingerprint density at radius 1 is 1.00 bits per heavy atom. The number of likely N-dealkylation sites (N-methyl/N-ethyl adjacent to an activating group) is 1. The summed E-state index contributed by atoms with van der Waals surface area (Å²) in [5.74, 6) is 0.0717. The largest absolute Gasteiger partial charge is 0.353 e. The van der Waals surface area contributed by atoms with Gasteiger partial charge < -0.3 is 10.2 Å². The van der Waals surface area contributed by atoms with E-state index in [9.17, 15) is 13.2 Å². The third-order valence-electron chi connectivity index (χ3n) is 8.65. The maximum atomic E-state index is 13.6. The first-order valence-corrected chi connectivity index (χ1v) is 16.4. The second-order valence-corrected chi connectivity index (χ2v) is 14.2. The van der Waals surface area contributed by atoms with Gasteiger partial charge in [0, 0.05) is 38.1 Å². The molecule has 1 atom stereocenters. The van der Waals surface area contributed by atoms with Gasteiger partial charge in [0.1, 0.15) is 0 Å². The average molecular weight is 615 g/mol. The lowest BCUT2D eigenvalue weighted by atomic mass is 9.78. The van der Waals surface area contributed by atoms with E-state index in [1.54, 1.807) is 7.05 Å². The van der Waals surface area contributed by atoms with Crippen LogP contribution in [0.2, 0.25) is 10.0 Å². The summed E-state index contributed by atoms with van der Waals surface area (Å²) in [6, 6.07) is 22.9. The summed E-state index contributed by atoms with van der Waals surface area (Å²) in [7, 11) is -2.10. The summed E-state index contributed by atoms with van der Waals surface area (Å²) in [4.78, 5) is 15.1. The lowest BCUT2D eigenvalue weighted by Crippen LogP contribution is -2.47. The number of piperidine rings is 1. The Hall–Kier alpha value is -2.42. The number of hydrogen-bond acceptors (Lipinski definition) is 4. The van der Waals surface area contributed by atoms with E-state index in [0.29, 0.717) is 18.0 Å². The fraction of sp³-hybridized carbons (Fsp3) is 0.406. The standard InChI is InChI=1S/C32H37Cl2N3O3S/c1-36(41(39,40)27-11-12-29(33)30(34)22-27)23-32(16-13-25-9-5-6-10-28(25)32)17-20-37-18-14-26(15-19-37)35-31(38)21-24-7-3-2-4-8-24/h2-12,22,26H,13-21,23H2,1H3,(H,35,38). The summed E-state index contributed by atoms with van der Waals surface area (Å²) in [6.07, 6.45) is 4.93. The second-order valence-electron chi connectivity index (χ2n) is 11.4. The van der Waals surface area contributed by atoms with E-state index in [4.69, 9.17) is 23.2 Å². The van der Waals surface area contributed by atoms with Crippen LogP contribution in [0.3, 0.4) is 0 Å². The third-order valence-corrected chi connectivity index (χ3v) is 11.2. The van der Waals surface area contributed by atoms with Crippen molar-refractivity contribution in [1.82, 2.24) is 14.5 Å². The van der Waals surface area contributed by atoms with Crippen molar-refractivity contribution in [2.75, 3.05) is 33.2 Å². The highest BCUT2D eigenvalue weighted by atomic mass is 35.5. The summed E-state index contributed by atoms with van der Waals surface area (Å²) in [5.41, 5.74) is 3.29. The lowest BCUT2D eigenvalue weighted by Gasteiger charge is -2.38. The molecule has 5 rings (SSSR count). The quantitative estimate of drug-likeness (QED) is 0.318. The van der Waals surface area contributed by atoms with Crippen LogP contribution in [-0.2, 0) is 33.1 Å². The molecule has 1 N–H and O–H groups in total. The molecule has 1 heterocycles. The molecule has 1 aliphatic carbocycles. The van der Waals surface area contributed by atoms with E-state index in [-0.39, 0.29) is 27.3 Å². The van der Waals surface area contributed by atoms with Crippen LogP contribution in [0.5, 0.6) is 0 Å². The van der Waals surface area contributed by atoms with Crippen molar-refractivity contribution in [3.63, 3.8) is 0 Å². The first kappa shape index (κ1) is 30.1. The highest BCUT2D eigenvalue weighted by Crippen LogP contribution is 2.43. The minimum Gasteiger partial charge on any atom is -0.353 e. The topological polar surface area (TPSA) is 69.7 Å². The molecule has 0 spiro atoms. The highest BCUT2D eigenvalue weighted by molar-refractivity contribution is 7.89. The Morgan fingerprint density at radius 3 is 2.44 bits per heavy atom. The van der Waals surface area contributed by atoms with Gasteiger partial charge in [-0.25, -0.2) is 12.7 Å². The number of likely N-dealkylation sites (tertiary alicyclic amines) is 1. The molecule has 1 aliphatic heterocycles. The first-order chi connectivity index (χ1) is 19.7. The number of amides is 1. The van der Waals surface area contributed by atoms with Gasteiger partial charge in [-0.3, -0.25) is 4.79 Å². The zero-order valence-corrected chi connectivity index (χ0v) is 25.7. The molecular formula is C32H37Cl2N3O3S. The molecule has 3 aromatic carbocycles. The molecule has 1 fully saturated rings. The number of nitrogens with zero attached hydrogens (tertiary/aromatic N) is 2. The van der Waals surface area contributed by atoms with Crippen molar-refractivity contribution in [2.24, 2.45) is 0 Å². The molecule has 1 unspecified atom stereocenters. The van der Waals surface area contributed by atoms with E-state index >= 15 is 0 Å². The Bertz CT molecular complexity index is 1480. The van der Waals surface area contributed by atoms with Gasteiger partial charge in [-0.05, 0) is 73.5 Å². The number of benzene rings is 3. The molecule has 6 nitrogen and oxygen atoms in total. The van der Waals surface area contributed by atoms with E-state index in [0.717, 1.165) is 57.3 Å². The number of carbonyl (C=O) groups excluding carboxylic acids is 1. The maximum absolute atomic E-state index is 13.6. The van der Waals surface area contributed by atoms with Crippen LogP contribution in [0.15, 0.2) is 77.7 Å². The Balaban J connectivity index is 1.23. The number of nitrogens with one attached hydrogen (secondary N) is 1. The van der Waals surface area contributed by atoms with Gasteiger partial charge in [-0.1, -0.05) is 77.8 Å². The van der Waals surface area contributed by atoms with Crippen LogP contribution >= 0.6 is 23.2 Å². The summed E-state index contributed by atoms with van der Waals surface area (Å²) in [6.45, 7) is 3.08. The number of sulfonamides is 1. The Labute approximate surface area is 253 Å². The number of fused-ring (bicyclic) bond motifs is 1. The first-order valence-electron chi connectivity index (χ1n) is 14.2. The van der Waals surface area contributed by atoms with Gasteiger partial charge in [-0.2, -0.15) is 0 Å². The van der Waals surface area contributed by atoms with E-state index < -0.39 is 10.0 Å². The van der Waals surface area contributed by atoms with Crippen LogP contribution in [-0.4, -0.2) is 62.8 Å². The minimum atomic E-state index is -3.75. The summed E-state index contributed by atoms with van der Waals surface area (Å²) in [5, 5.41) is 3.77. The molecule has 0 bridgehead atoms. The van der Waals surface area contributed by atoms with Gasteiger partial charge in [0.15, 0.2) is 0 Å². The minimum absolute atomic E-state index is 0.0717. The smallest absolute Gasteiger partial charge is 0.242 e. The lowest BCUT2D eigenvalue weighted by molar-refractivity contribution is -0.121. The van der Waals surface area contributed by atoms with Gasteiger partial charge in [-0.15, -0.1) is 0 Å². The Morgan fingerprint density at radius 2 is 1.71 bits per heavy atom. The van der Waals surface area contributed by atoms with Gasteiger partial charge in [0.2, 0.25) is 15.9 Å². The molecule has 2 aliphatic rings. The zero-order chi connectivity index (χ0) is 29.0. The van der Waals surface area contributed by atoms with Crippen molar-refractivity contribution < 1.29 is 13.2 Å². The van der Waals surface area contributed by atoms with Crippen molar-refractivity contribution >= 4 is 39.1 Å². The van der Waals surface area contributed by atoms with Crippen LogP contribution in [0, 0.1) is 0 Å². The van der Waals surface area contributed by atoms with Gasteiger partial charge >= 0.3 is 0 Å². The second kappa shape index (κ2) is 12.8. The maximum Gasteiger partial charge on any atom is 0.242 e. The van der Waals surface area contributed by atoms with Crippen LogP contribution in [0.25, 0.3) is 0 Å². The van der Waals surface area contributed by atoms with Crippen LogP contribution in [0.4, 0.5) is 0 Å². The predicted octanol–water partition coefficient (Wildman–Crippen LogP) is 5.71. The molecule has 1 saturated heterocycles. The number of hydrogen-bond donors (Lipinski definition) is 1.